The summed E-state index contributed by atoms with van der Waals surface area (Å²) in [4.78, 5) is 21.3. The fourth-order valence-corrected chi connectivity index (χ4v) is 1.39. The highest BCUT2D eigenvalue weighted by molar-refractivity contribution is 5.95. The monoisotopic (exact) mass is 289 g/mol. The molecule has 2 N–H and O–H groups in total. The van der Waals surface area contributed by atoms with Crippen molar-refractivity contribution >= 4 is 11.9 Å². The van der Waals surface area contributed by atoms with Gasteiger partial charge in [-0.2, -0.15) is 0 Å². The lowest BCUT2D eigenvalue weighted by Gasteiger charge is -2.01. The number of hydrogen-bond donors (Lipinski definition) is 2. The summed E-state index contributed by atoms with van der Waals surface area (Å²) >= 11 is 0. The lowest BCUT2D eigenvalue weighted by Crippen LogP contribution is -2.29. The fraction of sp³-hybridized carbons (Fsp3) is 0.125. The van der Waals surface area contributed by atoms with Gasteiger partial charge in [-0.15, -0.1) is 0 Å². The average Bonchev–Trinajstić information content (AvgIpc) is 2.47. The molecule has 0 aliphatic heterocycles. The molecule has 0 atom stereocenters. The van der Waals surface area contributed by atoms with Crippen LogP contribution in [0.4, 0.5) is 4.39 Å². The van der Waals surface area contributed by atoms with Gasteiger partial charge in [0.2, 0.25) is 0 Å². The highest BCUT2D eigenvalue weighted by atomic mass is 19.1. The van der Waals surface area contributed by atoms with Gasteiger partial charge in [0, 0.05) is 5.56 Å². The van der Waals surface area contributed by atoms with Gasteiger partial charge in [-0.25, -0.2) is 4.39 Å². The van der Waals surface area contributed by atoms with Crippen LogP contribution in [0.1, 0.15) is 15.9 Å². The molecule has 0 bridgehead atoms. The molecule has 0 aromatic heterocycles. The van der Waals surface area contributed by atoms with E-state index in [1.807, 2.05) is 18.2 Å². The number of carboxylic acid groups (broad SMARTS) is 1. The summed E-state index contributed by atoms with van der Waals surface area (Å²) in [5.41, 5.74) is 1.55. The normalized spacial score (nSPS) is 9.24. The van der Waals surface area contributed by atoms with Crippen molar-refractivity contribution in [2.75, 3.05) is 6.54 Å². The first-order valence-corrected chi connectivity index (χ1v) is 6.26. The van der Waals surface area contributed by atoms with E-state index in [0.717, 1.165) is 12.1 Å². The molecule has 0 radical (unpaired) electrons. The molecule has 2 aromatic carbocycles. The molecule has 110 valence electrons. The maximum absolute atomic E-state index is 12.4. The van der Waals surface area contributed by atoms with E-state index in [1.54, 1.807) is 0 Å². The number of halogens is 1. The van der Waals surface area contributed by atoms with Crippen molar-refractivity contribution < 1.29 is 19.1 Å². The predicted molar refractivity (Wildman–Crippen MR) is 77.5 cm³/mol. The van der Waals surface area contributed by atoms with Gasteiger partial charge in [0.15, 0.2) is 0 Å². The first kappa shape index (κ1) is 16.4. The third-order valence-corrected chi connectivity index (χ3v) is 2.45. The van der Waals surface area contributed by atoms with Crippen LogP contribution in [-0.2, 0) is 4.79 Å². The smallest absolute Gasteiger partial charge is 0.322 e. The molecule has 1 amide bonds. The summed E-state index contributed by atoms with van der Waals surface area (Å²) in [6.45, 7) is 1.64. The molecule has 4 nitrogen and oxygen atoms in total. The van der Waals surface area contributed by atoms with Crippen molar-refractivity contribution in [2.45, 2.75) is 6.92 Å². The number of aliphatic carboxylic acids is 1. The number of aryl methyl sites for hydroxylation is 1. The van der Waals surface area contributed by atoms with Crippen LogP contribution in [0.15, 0.2) is 54.6 Å². The molecule has 0 aliphatic rings. The van der Waals surface area contributed by atoms with Crippen LogP contribution in [0.2, 0.25) is 0 Å². The molecular weight excluding hydrogens is 273 g/mol. The topological polar surface area (TPSA) is 66.4 Å². The predicted octanol–water partition coefficient (Wildman–Crippen LogP) is 2.64. The van der Waals surface area contributed by atoms with Crippen LogP contribution >= 0.6 is 0 Å². The Labute approximate surface area is 122 Å². The Morgan fingerprint density at radius 3 is 2.05 bits per heavy atom. The number of hydrogen-bond acceptors (Lipinski definition) is 2. The van der Waals surface area contributed by atoms with Gasteiger partial charge in [-0.1, -0.05) is 35.9 Å². The van der Waals surface area contributed by atoms with Gasteiger partial charge in [-0.3, -0.25) is 9.59 Å². The maximum atomic E-state index is 12.4. The van der Waals surface area contributed by atoms with Crippen molar-refractivity contribution in [3.05, 3.63) is 71.5 Å². The average molecular weight is 289 g/mol. The second-order valence-electron chi connectivity index (χ2n) is 4.24. The first-order chi connectivity index (χ1) is 9.99. The van der Waals surface area contributed by atoms with E-state index in [2.05, 4.69) is 24.4 Å². The zero-order valence-electron chi connectivity index (χ0n) is 11.5. The van der Waals surface area contributed by atoms with Crippen LogP contribution in [0.3, 0.4) is 0 Å². The minimum Gasteiger partial charge on any atom is -0.480 e. The Balaban J connectivity index is 0.000000262. The zero-order chi connectivity index (χ0) is 15.7. The number of benzene rings is 2. The zero-order valence-corrected chi connectivity index (χ0v) is 11.5. The molecule has 0 heterocycles. The van der Waals surface area contributed by atoms with Crippen LogP contribution < -0.4 is 5.32 Å². The molecule has 2 rings (SSSR count). The van der Waals surface area contributed by atoms with E-state index in [4.69, 9.17) is 5.11 Å². The Bertz CT molecular complexity index is 582. The van der Waals surface area contributed by atoms with Gasteiger partial charge in [0.05, 0.1) is 0 Å². The number of carbonyl (C=O) groups excluding carboxylic acids is 1. The summed E-state index contributed by atoms with van der Waals surface area (Å²) < 4.78 is 12.4. The number of carboxylic acids is 1. The van der Waals surface area contributed by atoms with E-state index in [-0.39, 0.29) is 5.56 Å². The first-order valence-electron chi connectivity index (χ1n) is 6.26. The van der Waals surface area contributed by atoms with E-state index in [9.17, 15) is 14.0 Å². The van der Waals surface area contributed by atoms with E-state index < -0.39 is 24.2 Å². The molecule has 0 spiro atoms. The SMILES string of the molecule is Cc1ccccc1.O=C(O)CNC(=O)c1ccc(F)cc1. The third kappa shape index (κ3) is 6.87. The fourth-order valence-electron chi connectivity index (χ4n) is 1.39. The Hall–Kier alpha value is -2.69. The van der Waals surface area contributed by atoms with E-state index in [1.165, 1.54) is 17.7 Å². The minimum atomic E-state index is -1.12. The Morgan fingerprint density at radius 1 is 1.05 bits per heavy atom. The highest BCUT2D eigenvalue weighted by Gasteiger charge is 2.06. The summed E-state index contributed by atoms with van der Waals surface area (Å²) in [6, 6.07) is 15.1. The second kappa shape index (κ2) is 8.47. The van der Waals surface area contributed by atoms with Crippen molar-refractivity contribution in [3.8, 4) is 0 Å². The van der Waals surface area contributed by atoms with Crippen molar-refractivity contribution in [1.82, 2.24) is 5.32 Å². The van der Waals surface area contributed by atoms with E-state index in [0.29, 0.717) is 0 Å². The van der Waals surface area contributed by atoms with Crippen molar-refractivity contribution in [2.24, 2.45) is 0 Å². The van der Waals surface area contributed by atoms with Crippen LogP contribution in [-0.4, -0.2) is 23.5 Å². The minimum absolute atomic E-state index is 0.229. The highest BCUT2D eigenvalue weighted by Crippen LogP contribution is 2.01. The maximum Gasteiger partial charge on any atom is 0.322 e. The van der Waals surface area contributed by atoms with Crippen LogP contribution in [0, 0.1) is 12.7 Å². The summed E-state index contributed by atoms with van der Waals surface area (Å²) in [6.07, 6.45) is 0. The Kier molecular flexibility index (Phi) is 6.60. The number of amides is 1. The Morgan fingerprint density at radius 2 is 1.62 bits per heavy atom. The molecule has 0 unspecified atom stereocenters. The lowest BCUT2D eigenvalue weighted by molar-refractivity contribution is -0.135. The largest absolute Gasteiger partial charge is 0.480 e. The van der Waals surface area contributed by atoms with Gasteiger partial charge < -0.3 is 10.4 Å². The van der Waals surface area contributed by atoms with Crippen LogP contribution in [0.25, 0.3) is 0 Å². The standard InChI is InChI=1S/C9H8FNO3.C7H8/c10-7-3-1-6(2-4-7)9(14)11-5-8(12)13;1-7-5-3-2-4-6-7/h1-4H,5H2,(H,11,14)(H,12,13);2-6H,1H3. The van der Waals surface area contributed by atoms with E-state index >= 15 is 0 Å². The number of rotatable bonds is 3. The molecule has 0 fully saturated rings. The third-order valence-electron chi connectivity index (χ3n) is 2.45. The van der Waals surface area contributed by atoms with Gasteiger partial charge in [0.1, 0.15) is 12.4 Å². The quantitative estimate of drug-likeness (QED) is 0.912. The van der Waals surface area contributed by atoms with Crippen LogP contribution in [0.5, 0.6) is 0 Å². The lowest BCUT2D eigenvalue weighted by atomic mass is 10.2. The van der Waals surface area contributed by atoms with Gasteiger partial charge >= 0.3 is 5.97 Å². The van der Waals surface area contributed by atoms with Crippen molar-refractivity contribution in [3.63, 3.8) is 0 Å². The molecule has 0 aliphatic carbocycles. The molecule has 5 heteroatoms. The summed E-state index contributed by atoms with van der Waals surface area (Å²) in [5.74, 6) is -2.10. The second-order valence-corrected chi connectivity index (χ2v) is 4.24. The van der Waals surface area contributed by atoms with Crippen molar-refractivity contribution in [1.29, 1.82) is 0 Å². The van der Waals surface area contributed by atoms with Gasteiger partial charge in [0.25, 0.3) is 5.91 Å². The summed E-state index contributed by atoms with van der Waals surface area (Å²) in [7, 11) is 0. The summed E-state index contributed by atoms with van der Waals surface area (Å²) in [5, 5.41) is 10.4. The molecule has 2 aromatic rings. The van der Waals surface area contributed by atoms with Gasteiger partial charge in [-0.05, 0) is 31.2 Å². The molecule has 21 heavy (non-hydrogen) atoms. The number of nitrogens with one attached hydrogen (secondary N) is 1. The molecule has 0 saturated heterocycles. The molecular formula is C16H16FNO3. The number of carbonyl (C=O) groups is 2. The molecule has 0 saturated carbocycles.